The first kappa shape index (κ1) is 27.7. The Balaban J connectivity index is 1.61. The van der Waals surface area contributed by atoms with Gasteiger partial charge in [0.05, 0.1) is 18.6 Å². The molecule has 0 aromatic heterocycles. The van der Waals surface area contributed by atoms with E-state index in [1.54, 1.807) is 0 Å². The molecular weight excluding hydrogens is 509 g/mol. The number of carbonyl (C=O) groups is 1. The number of aliphatic carboxylic acids is 1. The standard InChI is InChI=1S/C31H34O5Si2/c32-22-21-25(35-37(27-13-5-1-6-14-27)28-15-7-2-8-16-28)23-26(24-31(33)34)36-38(29-17-9-3-10-18-29)30-19-11-4-12-20-30/h1-20,25-26,32,37-38H,21-24H2,(H,33,34). The summed E-state index contributed by atoms with van der Waals surface area (Å²) < 4.78 is 13.5. The Bertz CT molecular complexity index is 1150. The van der Waals surface area contributed by atoms with Crippen LogP contribution in [0.25, 0.3) is 0 Å². The number of benzene rings is 4. The molecule has 0 saturated heterocycles. The summed E-state index contributed by atoms with van der Waals surface area (Å²) in [5.74, 6) is -0.911. The highest BCUT2D eigenvalue weighted by Crippen LogP contribution is 2.16. The molecule has 0 aliphatic carbocycles. The molecule has 38 heavy (non-hydrogen) atoms. The zero-order valence-electron chi connectivity index (χ0n) is 21.3. The predicted molar refractivity (Wildman–Crippen MR) is 157 cm³/mol. The summed E-state index contributed by atoms with van der Waals surface area (Å²) in [5, 5.41) is 24.1. The van der Waals surface area contributed by atoms with E-state index in [2.05, 4.69) is 48.5 Å². The van der Waals surface area contributed by atoms with E-state index in [1.807, 2.05) is 72.8 Å². The average molecular weight is 543 g/mol. The van der Waals surface area contributed by atoms with Crippen LogP contribution in [0.5, 0.6) is 0 Å². The molecule has 0 heterocycles. The topological polar surface area (TPSA) is 76.0 Å². The van der Waals surface area contributed by atoms with Gasteiger partial charge in [0, 0.05) is 6.61 Å². The normalized spacial score (nSPS) is 12.9. The van der Waals surface area contributed by atoms with Crippen LogP contribution in [0.15, 0.2) is 121 Å². The van der Waals surface area contributed by atoms with Crippen molar-refractivity contribution in [3.63, 3.8) is 0 Å². The van der Waals surface area contributed by atoms with E-state index in [1.165, 1.54) is 0 Å². The van der Waals surface area contributed by atoms with Crippen LogP contribution in [0.2, 0.25) is 0 Å². The van der Waals surface area contributed by atoms with Crippen molar-refractivity contribution in [3.8, 4) is 0 Å². The Morgan fingerprint density at radius 3 is 1.26 bits per heavy atom. The van der Waals surface area contributed by atoms with E-state index in [0.29, 0.717) is 12.8 Å². The van der Waals surface area contributed by atoms with Crippen LogP contribution in [-0.2, 0) is 13.6 Å². The number of rotatable bonds is 14. The molecule has 0 spiro atoms. The number of carboxylic acid groups (broad SMARTS) is 1. The van der Waals surface area contributed by atoms with Gasteiger partial charge in [-0.2, -0.15) is 0 Å². The molecule has 4 aromatic rings. The van der Waals surface area contributed by atoms with Crippen molar-refractivity contribution in [2.75, 3.05) is 6.61 Å². The average Bonchev–Trinajstić information content (AvgIpc) is 2.96. The minimum Gasteiger partial charge on any atom is -0.481 e. The van der Waals surface area contributed by atoms with Crippen LogP contribution in [-0.4, -0.2) is 53.1 Å². The van der Waals surface area contributed by atoms with Crippen LogP contribution in [0.1, 0.15) is 19.3 Å². The number of carboxylic acids is 1. The molecule has 2 N–H and O–H groups in total. The van der Waals surface area contributed by atoms with Crippen molar-refractivity contribution in [1.82, 2.24) is 0 Å². The van der Waals surface area contributed by atoms with Gasteiger partial charge in [-0.3, -0.25) is 4.79 Å². The molecular formula is C31H34O5Si2. The van der Waals surface area contributed by atoms with Gasteiger partial charge in [-0.15, -0.1) is 0 Å². The molecule has 0 aliphatic rings. The number of hydrogen-bond donors (Lipinski definition) is 2. The number of hydrogen-bond acceptors (Lipinski definition) is 4. The summed E-state index contributed by atoms with van der Waals surface area (Å²) in [5.41, 5.74) is 0. The summed E-state index contributed by atoms with van der Waals surface area (Å²) in [4.78, 5) is 11.9. The molecule has 2 atom stereocenters. The van der Waals surface area contributed by atoms with Gasteiger partial charge in [-0.25, -0.2) is 0 Å². The van der Waals surface area contributed by atoms with Gasteiger partial charge >= 0.3 is 5.97 Å². The maximum Gasteiger partial charge on any atom is 0.305 e. The van der Waals surface area contributed by atoms with Crippen molar-refractivity contribution < 1.29 is 23.9 Å². The Morgan fingerprint density at radius 2 is 0.947 bits per heavy atom. The quantitative estimate of drug-likeness (QED) is 0.239. The lowest BCUT2D eigenvalue weighted by molar-refractivity contribution is -0.139. The fourth-order valence-corrected chi connectivity index (χ4v) is 9.57. The zero-order chi connectivity index (χ0) is 26.6. The van der Waals surface area contributed by atoms with Crippen LogP contribution in [0, 0.1) is 0 Å². The highest BCUT2D eigenvalue weighted by Gasteiger charge is 2.29. The first-order valence-corrected chi connectivity index (χ1v) is 16.2. The van der Waals surface area contributed by atoms with Gasteiger partial charge in [0.15, 0.2) is 0 Å². The van der Waals surface area contributed by atoms with Gasteiger partial charge in [-0.05, 0) is 33.6 Å². The van der Waals surface area contributed by atoms with Crippen molar-refractivity contribution in [3.05, 3.63) is 121 Å². The van der Waals surface area contributed by atoms with Gasteiger partial charge in [0.1, 0.15) is 0 Å². The SMILES string of the molecule is O=C(O)CC(CC(CCO)O[SiH](c1ccccc1)c1ccccc1)O[SiH](c1ccccc1)c1ccccc1. The molecule has 0 amide bonds. The van der Waals surface area contributed by atoms with E-state index >= 15 is 0 Å². The van der Waals surface area contributed by atoms with Gasteiger partial charge < -0.3 is 19.1 Å². The third-order valence-corrected chi connectivity index (χ3v) is 11.7. The van der Waals surface area contributed by atoms with Crippen LogP contribution < -0.4 is 20.7 Å². The summed E-state index contributed by atoms with van der Waals surface area (Å²) in [6.45, 7) is -0.0482. The van der Waals surface area contributed by atoms with Crippen molar-refractivity contribution in [1.29, 1.82) is 0 Å². The molecule has 2 unspecified atom stereocenters. The fourth-order valence-electron chi connectivity index (χ4n) is 4.66. The van der Waals surface area contributed by atoms with Crippen LogP contribution >= 0.6 is 0 Å². The second-order valence-corrected chi connectivity index (χ2v) is 14.0. The third kappa shape index (κ3) is 8.08. The summed E-state index contributed by atoms with van der Waals surface area (Å²) in [6, 6.07) is 40.4. The molecule has 7 heteroatoms. The van der Waals surface area contributed by atoms with E-state index < -0.39 is 30.2 Å². The lowest BCUT2D eigenvalue weighted by Gasteiger charge is -2.30. The molecule has 0 aliphatic heterocycles. The Hall–Kier alpha value is -3.34. The lowest BCUT2D eigenvalue weighted by atomic mass is 10.1. The Kier molecular flexibility index (Phi) is 10.6. The second-order valence-electron chi connectivity index (χ2n) is 9.26. The monoisotopic (exact) mass is 542 g/mol. The van der Waals surface area contributed by atoms with Gasteiger partial charge in [-0.1, -0.05) is 121 Å². The highest BCUT2D eigenvalue weighted by atomic mass is 28.3. The highest BCUT2D eigenvalue weighted by molar-refractivity contribution is 6.80. The Morgan fingerprint density at radius 1 is 0.605 bits per heavy atom. The van der Waals surface area contributed by atoms with E-state index in [4.69, 9.17) is 8.85 Å². The molecule has 5 nitrogen and oxygen atoms in total. The maximum atomic E-state index is 11.9. The van der Waals surface area contributed by atoms with E-state index in [-0.39, 0.29) is 19.1 Å². The summed E-state index contributed by atoms with van der Waals surface area (Å²) >= 11 is 0. The van der Waals surface area contributed by atoms with E-state index in [0.717, 1.165) is 20.7 Å². The molecule has 0 fully saturated rings. The molecule has 4 aromatic carbocycles. The van der Waals surface area contributed by atoms with Crippen molar-refractivity contribution in [2.24, 2.45) is 0 Å². The predicted octanol–water partition coefficient (Wildman–Crippen LogP) is 2.08. The first-order valence-electron chi connectivity index (χ1n) is 13.0. The Labute approximate surface area is 227 Å². The number of aliphatic hydroxyl groups is 1. The molecule has 0 saturated carbocycles. The van der Waals surface area contributed by atoms with E-state index in [9.17, 15) is 15.0 Å². The maximum absolute atomic E-state index is 11.9. The molecule has 4 rings (SSSR count). The lowest BCUT2D eigenvalue weighted by Crippen LogP contribution is -2.50. The largest absolute Gasteiger partial charge is 0.481 e. The summed E-state index contributed by atoms with van der Waals surface area (Å²) in [6.07, 6.45) is -0.229. The third-order valence-electron chi connectivity index (χ3n) is 6.45. The number of aliphatic hydroxyl groups excluding tert-OH is 1. The summed E-state index contributed by atoms with van der Waals surface area (Å²) in [7, 11) is -4.26. The fraction of sp³-hybridized carbons (Fsp3) is 0.194. The zero-order valence-corrected chi connectivity index (χ0v) is 23.6. The van der Waals surface area contributed by atoms with Gasteiger partial charge in [0.2, 0.25) is 18.1 Å². The van der Waals surface area contributed by atoms with Crippen LogP contribution in [0.4, 0.5) is 0 Å². The molecule has 0 radical (unpaired) electrons. The first-order chi connectivity index (χ1) is 18.6. The smallest absolute Gasteiger partial charge is 0.305 e. The molecule has 196 valence electrons. The second kappa shape index (κ2) is 14.6. The van der Waals surface area contributed by atoms with Crippen molar-refractivity contribution in [2.45, 2.75) is 31.5 Å². The van der Waals surface area contributed by atoms with Crippen LogP contribution in [0.3, 0.4) is 0 Å². The minimum absolute atomic E-state index is 0.0482. The van der Waals surface area contributed by atoms with Gasteiger partial charge in [0.25, 0.3) is 0 Å². The molecule has 0 bridgehead atoms. The minimum atomic E-state index is -2.17. The van der Waals surface area contributed by atoms with Crippen molar-refractivity contribution >= 4 is 44.8 Å².